The van der Waals surface area contributed by atoms with Crippen molar-refractivity contribution >= 4 is 11.9 Å². The Kier molecular flexibility index (Phi) is 5.07. The lowest BCUT2D eigenvalue weighted by atomic mass is 10.1. The Morgan fingerprint density at radius 1 is 1.27 bits per heavy atom. The highest BCUT2D eigenvalue weighted by molar-refractivity contribution is 6.01. The van der Waals surface area contributed by atoms with Crippen molar-refractivity contribution in [3.05, 3.63) is 22.5 Å². The molecule has 7 heteroatoms. The molecule has 0 aliphatic carbocycles. The van der Waals surface area contributed by atoms with E-state index < -0.39 is 5.97 Å². The van der Waals surface area contributed by atoms with Gasteiger partial charge < -0.3 is 19.8 Å². The highest BCUT2D eigenvalue weighted by Gasteiger charge is 2.30. The second kappa shape index (κ2) is 6.83. The topological polar surface area (TPSA) is 72.8 Å². The van der Waals surface area contributed by atoms with E-state index in [1.165, 1.54) is 0 Å². The number of morpholine rings is 1. The van der Waals surface area contributed by atoms with Crippen LogP contribution in [0.2, 0.25) is 0 Å². The van der Waals surface area contributed by atoms with Crippen LogP contribution in [0.5, 0.6) is 0 Å². The fraction of sp³-hybridized carbons (Fsp3) is 0.600. The van der Waals surface area contributed by atoms with Crippen molar-refractivity contribution in [2.45, 2.75) is 20.8 Å². The number of carbonyl (C=O) groups is 2. The minimum Gasteiger partial charge on any atom is -0.461 e. The molecule has 122 valence electrons. The van der Waals surface area contributed by atoms with Crippen LogP contribution in [0.15, 0.2) is 0 Å². The molecule has 0 spiro atoms. The van der Waals surface area contributed by atoms with Gasteiger partial charge in [0, 0.05) is 20.1 Å². The molecule has 1 fully saturated rings. The van der Waals surface area contributed by atoms with Crippen LogP contribution in [-0.4, -0.2) is 61.4 Å². The normalized spacial score (nSPS) is 14.8. The van der Waals surface area contributed by atoms with E-state index in [4.69, 9.17) is 9.47 Å². The molecule has 1 aliphatic rings. The van der Waals surface area contributed by atoms with Crippen molar-refractivity contribution < 1.29 is 19.1 Å². The number of hydrogen-bond donors (Lipinski definition) is 1. The zero-order chi connectivity index (χ0) is 16.3. The van der Waals surface area contributed by atoms with Crippen LogP contribution in [0, 0.1) is 13.8 Å². The van der Waals surface area contributed by atoms with Crippen LogP contribution in [0.25, 0.3) is 0 Å². The SMILES string of the molecule is CCOC(=O)c1c(C)c(C(=O)N2CCOCC2)c(C)n1NC. The molecule has 1 saturated heterocycles. The van der Waals surface area contributed by atoms with Gasteiger partial charge in [-0.3, -0.25) is 9.47 Å². The Balaban J connectivity index is 2.43. The number of rotatable bonds is 4. The standard InChI is InChI=1S/C15H23N3O4/c1-5-22-15(20)13-10(2)12(11(3)18(13)16-4)14(19)17-6-8-21-9-7-17/h16H,5-9H2,1-4H3. The zero-order valence-electron chi connectivity index (χ0n) is 13.6. The number of nitrogens with zero attached hydrogens (tertiary/aromatic N) is 2. The van der Waals surface area contributed by atoms with E-state index >= 15 is 0 Å². The van der Waals surface area contributed by atoms with Gasteiger partial charge >= 0.3 is 5.97 Å². The summed E-state index contributed by atoms with van der Waals surface area (Å²) in [5.74, 6) is -0.503. The summed E-state index contributed by atoms with van der Waals surface area (Å²) >= 11 is 0. The molecular formula is C15H23N3O4. The Morgan fingerprint density at radius 3 is 2.45 bits per heavy atom. The second-order valence-corrected chi connectivity index (χ2v) is 5.12. The third-order valence-electron chi connectivity index (χ3n) is 3.86. The van der Waals surface area contributed by atoms with Crippen LogP contribution < -0.4 is 5.43 Å². The van der Waals surface area contributed by atoms with E-state index in [1.54, 1.807) is 30.5 Å². The van der Waals surface area contributed by atoms with Crippen LogP contribution in [-0.2, 0) is 9.47 Å². The van der Waals surface area contributed by atoms with Crippen LogP contribution in [0.4, 0.5) is 0 Å². The minimum atomic E-state index is -0.432. The van der Waals surface area contributed by atoms with Crippen molar-refractivity contribution in [3.63, 3.8) is 0 Å². The van der Waals surface area contributed by atoms with Crippen LogP contribution >= 0.6 is 0 Å². The van der Waals surface area contributed by atoms with E-state index in [0.29, 0.717) is 55.4 Å². The first-order valence-corrected chi connectivity index (χ1v) is 7.46. The molecule has 0 radical (unpaired) electrons. The maximum absolute atomic E-state index is 12.8. The Labute approximate surface area is 130 Å². The third-order valence-corrected chi connectivity index (χ3v) is 3.86. The Morgan fingerprint density at radius 2 is 1.91 bits per heavy atom. The van der Waals surface area contributed by atoms with Gasteiger partial charge in [0.2, 0.25) is 0 Å². The predicted molar refractivity (Wildman–Crippen MR) is 81.9 cm³/mol. The second-order valence-electron chi connectivity index (χ2n) is 5.12. The lowest BCUT2D eigenvalue weighted by Crippen LogP contribution is -2.41. The Hall–Kier alpha value is -2.02. The summed E-state index contributed by atoms with van der Waals surface area (Å²) in [5, 5.41) is 0. The lowest BCUT2D eigenvalue weighted by Gasteiger charge is -2.27. The van der Waals surface area contributed by atoms with Crippen molar-refractivity contribution in [1.29, 1.82) is 0 Å². The van der Waals surface area contributed by atoms with Crippen molar-refractivity contribution in [3.8, 4) is 0 Å². The van der Waals surface area contributed by atoms with E-state index in [-0.39, 0.29) is 5.91 Å². The molecule has 0 atom stereocenters. The summed E-state index contributed by atoms with van der Waals surface area (Å²) in [6.45, 7) is 7.86. The van der Waals surface area contributed by atoms with Gasteiger partial charge in [0.1, 0.15) is 0 Å². The predicted octanol–water partition coefficient (Wildman–Crippen LogP) is 0.927. The molecule has 0 unspecified atom stereocenters. The van der Waals surface area contributed by atoms with Crippen molar-refractivity contribution in [1.82, 2.24) is 9.58 Å². The molecule has 2 heterocycles. The monoisotopic (exact) mass is 309 g/mol. The molecule has 0 saturated carbocycles. The number of nitrogens with one attached hydrogen (secondary N) is 1. The van der Waals surface area contributed by atoms with Gasteiger partial charge in [0.15, 0.2) is 5.69 Å². The zero-order valence-corrected chi connectivity index (χ0v) is 13.6. The number of carbonyl (C=O) groups excluding carboxylic acids is 2. The number of amides is 1. The van der Waals surface area contributed by atoms with Crippen molar-refractivity contribution in [2.75, 3.05) is 45.4 Å². The molecule has 7 nitrogen and oxygen atoms in total. The number of hydrogen-bond acceptors (Lipinski definition) is 5. The number of esters is 1. The third kappa shape index (κ3) is 2.81. The summed E-state index contributed by atoms with van der Waals surface area (Å²) in [5.41, 5.74) is 5.22. The molecule has 1 N–H and O–H groups in total. The summed E-state index contributed by atoms with van der Waals surface area (Å²) in [7, 11) is 1.71. The smallest absolute Gasteiger partial charge is 0.357 e. The molecule has 1 aromatic rings. The maximum atomic E-state index is 12.8. The van der Waals surface area contributed by atoms with E-state index in [0.717, 1.165) is 0 Å². The molecule has 1 aromatic heterocycles. The molecule has 0 aromatic carbocycles. The van der Waals surface area contributed by atoms with Gasteiger partial charge in [-0.15, -0.1) is 0 Å². The molecule has 2 rings (SSSR count). The van der Waals surface area contributed by atoms with Gasteiger partial charge in [-0.1, -0.05) is 0 Å². The largest absolute Gasteiger partial charge is 0.461 e. The average molecular weight is 309 g/mol. The Bertz CT molecular complexity index is 574. The molecular weight excluding hydrogens is 286 g/mol. The van der Waals surface area contributed by atoms with E-state index in [2.05, 4.69) is 5.43 Å². The first kappa shape index (κ1) is 16.4. The first-order chi connectivity index (χ1) is 10.5. The fourth-order valence-corrected chi connectivity index (χ4v) is 2.80. The van der Waals surface area contributed by atoms with Crippen molar-refractivity contribution in [2.24, 2.45) is 0 Å². The van der Waals surface area contributed by atoms with Gasteiger partial charge in [0.05, 0.1) is 31.1 Å². The average Bonchev–Trinajstić information content (AvgIpc) is 2.78. The van der Waals surface area contributed by atoms with Crippen LogP contribution in [0.3, 0.4) is 0 Å². The summed E-state index contributed by atoms with van der Waals surface area (Å²) < 4.78 is 12.0. The number of aromatic nitrogens is 1. The summed E-state index contributed by atoms with van der Waals surface area (Å²) in [6, 6.07) is 0. The quantitative estimate of drug-likeness (QED) is 0.838. The number of ether oxygens (including phenoxy) is 2. The van der Waals surface area contributed by atoms with Gasteiger partial charge in [-0.25, -0.2) is 4.79 Å². The summed E-state index contributed by atoms with van der Waals surface area (Å²) in [4.78, 5) is 26.7. The maximum Gasteiger partial charge on any atom is 0.357 e. The summed E-state index contributed by atoms with van der Waals surface area (Å²) in [6.07, 6.45) is 0. The molecule has 1 aliphatic heterocycles. The van der Waals surface area contributed by atoms with E-state index in [9.17, 15) is 9.59 Å². The molecule has 22 heavy (non-hydrogen) atoms. The highest BCUT2D eigenvalue weighted by atomic mass is 16.5. The molecule has 1 amide bonds. The van der Waals surface area contributed by atoms with Gasteiger partial charge in [-0.05, 0) is 26.3 Å². The highest BCUT2D eigenvalue weighted by Crippen LogP contribution is 2.24. The lowest BCUT2D eigenvalue weighted by molar-refractivity contribution is 0.0302. The van der Waals surface area contributed by atoms with E-state index in [1.807, 2.05) is 6.92 Å². The minimum absolute atomic E-state index is 0.0714. The molecule has 0 bridgehead atoms. The van der Waals surface area contributed by atoms with Gasteiger partial charge in [-0.2, -0.15) is 0 Å². The van der Waals surface area contributed by atoms with Gasteiger partial charge in [0.25, 0.3) is 5.91 Å². The van der Waals surface area contributed by atoms with Crippen LogP contribution in [0.1, 0.15) is 39.0 Å². The first-order valence-electron chi connectivity index (χ1n) is 7.46. The fourth-order valence-electron chi connectivity index (χ4n) is 2.80.